The average molecular weight is 558 g/mol. The number of H-pyrrole nitrogens is 1. The highest BCUT2D eigenvalue weighted by Gasteiger charge is 2.30. The topological polar surface area (TPSA) is 56.4 Å². The van der Waals surface area contributed by atoms with E-state index in [0.29, 0.717) is 25.1 Å². The van der Waals surface area contributed by atoms with Gasteiger partial charge in [0.1, 0.15) is 0 Å². The summed E-state index contributed by atoms with van der Waals surface area (Å²) in [7, 11) is 0. The van der Waals surface area contributed by atoms with E-state index in [0.717, 1.165) is 54.3 Å². The Labute approximate surface area is 235 Å². The van der Waals surface area contributed by atoms with E-state index in [1.165, 1.54) is 12.1 Å². The number of aromatic amines is 1. The van der Waals surface area contributed by atoms with Crippen LogP contribution in [0, 0.1) is 11.8 Å². The minimum Gasteiger partial charge on any atom is -0.361 e. The van der Waals surface area contributed by atoms with Crippen molar-refractivity contribution < 1.29 is 22.8 Å². The molecular formula is C32H42F3N3O2. The minimum atomic E-state index is -4.42. The first kappa shape index (κ1) is 31.2. The smallest absolute Gasteiger partial charge is 0.361 e. The zero-order valence-corrected chi connectivity index (χ0v) is 24.1. The van der Waals surface area contributed by atoms with Crippen molar-refractivity contribution in [3.8, 4) is 0 Å². The lowest BCUT2D eigenvalue weighted by molar-refractivity contribution is -0.144. The molecule has 5 nitrogen and oxygen atoms in total. The first-order chi connectivity index (χ1) is 19.0. The molecule has 2 amide bonds. The molecule has 0 fully saturated rings. The molecule has 0 saturated heterocycles. The van der Waals surface area contributed by atoms with E-state index in [9.17, 15) is 22.8 Å². The predicted octanol–water partition coefficient (Wildman–Crippen LogP) is 7.46. The third kappa shape index (κ3) is 8.60. The molecule has 0 aliphatic carbocycles. The van der Waals surface area contributed by atoms with Crippen molar-refractivity contribution in [1.82, 2.24) is 14.8 Å². The number of nitrogens with zero attached hydrogens (tertiary/aromatic N) is 2. The van der Waals surface area contributed by atoms with Crippen LogP contribution in [0.3, 0.4) is 0 Å². The fraction of sp³-hybridized carbons (Fsp3) is 0.500. The number of para-hydroxylation sites is 1. The molecule has 1 atom stereocenters. The number of nitrogens with one attached hydrogen (secondary N) is 1. The Balaban J connectivity index is 1.83. The first-order valence-electron chi connectivity index (χ1n) is 14.3. The molecule has 1 aromatic heterocycles. The van der Waals surface area contributed by atoms with Crippen LogP contribution < -0.4 is 0 Å². The summed E-state index contributed by atoms with van der Waals surface area (Å²) in [5, 5.41) is 1.07. The van der Waals surface area contributed by atoms with Gasteiger partial charge in [-0.3, -0.25) is 9.59 Å². The molecule has 3 rings (SSSR count). The lowest BCUT2D eigenvalue weighted by atomic mass is 9.97. The highest BCUT2D eigenvalue weighted by Crippen LogP contribution is 2.29. The van der Waals surface area contributed by atoms with E-state index >= 15 is 0 Å². The molecule has 2 aromatic carbocycles. The highest BCUT2D eigenvalue weighted by atomic mass is 19.4. The minimum absolute atomic E-state index is 0.00380. The number of alkyl halides is 3. The van der Waals surface area contributed by atoms with Crippen LogP contribution in [0.4, 0.5) is 13.2 Å². The van der Waals surface area contributed by atoms with Gasteiger partial charge >= 0.3 is 6.18 Å². The van der Waals surface area contributed by atoms with Crippen LogP contribution in [0.5, 0.6) is 0 Å². The Morgan fingerprint density at radius 2 is 1.68 bits per heavy atom. The number of hydrogen-bond donors (Lipinski definition) is 1. The van der Waals surface area contributed by atoms with Gasteiger partial charge in [-0.25, -0.2) is 0 Å². The van der Waals surface area contributed by atoms with Gasteiger partial charge < -0.3 is 14.8 Å². The molecule has 1 heterocycles. The molecule has 3 aromatic rings. The van der Waals surface area contributed by atoms with E-state index in [-0.39, 0.29) is 36.7 Å². The summed E-state index contributed by atoms with van der Waals surface area (Å²) in [6.45, 7) is 9.11. The predicted molar refractivity (Wildman–Crippen MR) is 154 cm³/mol. The molecule has 218 valence electrons. The number of carbonyl (C=O) groups is 2. The maximum Gasteiger partial charge on any atom is 0.416 e. The van der Waals surface area contributed by atoms with Crippen molar-refractivity contribution in [2.24, 2.45) is 11.8 Å². The summed E-state index contributed by atoms with van der Waals surface area (Å²) < 4.78 is 39.3. The first-order valence-corrected chi connectivity index (χ1v) is 14.3. The zero-order valence-electron chi connectivity index (χ0n) is 24.1. The molecular weight excluding hydrogens is 515 g/mol. The van der Waals surface area contributed by atoms with Crippen LogP contribution in [0.1, 0.15) is 70.1 Å². The molecule has 8 heteroatoms. The molecule has 0 unspecified atom stereocenters. The van der Waals surface area contributed by atoms with Gasteiger partial charge in [-0.2, -0.15) is 13.2 Å². The Morgan fingerprint density at radius 3 is 2.30 bits per heavy atom. The van der Waals surface area contributed by atoms with Gasteiger partial charge in [-0.1, -0.05) is 70.9 Å². The van der Waals surface area contributed by atoms with E-state index in [2.05, 4.69) is 11.9 Å². The SMILES string of the molecule is CCCC[C@@H](CC)C(=O)N(CC(=O)N(CCc1c[nH]c2ccccc12)Cc1ccc(C(F)(F)F)cc1)CC(C)C. The van der Waals surface area contributed by atoms with Gasteiger partial charge in [0, 0.05) is 42.7 Å². The second-order valence-electron chi connectivity index (χ2n) is 11.0. The maximum absolute atomic E-state index is 13.8. The normalized spacial score (nSPS) is 12.6. The molecule has 0 radical (unpaired) electrons. The second kappa shape index (κ2) is 14.4. The van der Waals surface area contributed by atoms with Crippen LogP contribution in [-0.4, -0.2) is 46.2 Å². The van der Waals surface area contributed by atoms with Crippen LogP contribution in [-0.2, 0) is 28.7 Å². The Morgan fingerprint density at radius 1 is 0.975 bits per heavy atom. The van der Waals surface area contributed by atoms with Gasteiger partial charge in [0.05, 0.1) is 12.1 Å². The Bertz CT molecular complexity index is 1230. The van der Waals surface area contributed by atoms with E-state index < -0.39 is 11.7 Å². The number of aromatic nitrogens is 1. The van der Waals surface area contributed by atoms with E-state index in [4.69, 9.17) is 0 Å². The molecule has 0 aliphatic heterocycles. The fourth-order valence-electron chi connectivity index (χ4n) is 5.05. The summed E-state index contributed by atoms with van der Waals surface area (Å²) in [6, 6.07) is 12.9. The van der Waals surface area contributed by atoms with Gasteiger partial charge in [0.2, 0.25) is 11.8 Å². The van der Waals surface area contributed by atoms with Crippen LogP contribution in [0.25, 0.3) is 10.9 Å². The number of hydrogen-bond acceptors (Lipinski definition) is 2. The highest BCUT2D eigenvalue weighted by molar-refractivity contribution is 5.86. The maximum atomic E-state index is 13.8. The number of amides is 2. The molecule has 0 aliphatic rings. The van der Waals surface area contributed by atoms with Crippen molar-refractivity contribution >= 4 is 22.7 Å². The molecule has 1 N–H and O–H groups in total. The quantitative estimate of drug-likeness (QED) is 0.224. The van der Waals surface area contributed by atoms with Gasteiger partial charge in [-0.05, 0) is 54.5 Å². The largest absolute Gasteiger partial charge is 0.416 e. The average Bonchev–Trinajstić information content (AvgIpc) is 3.33. The summed E-state index contributed by atoms with van der Waals surface area (Å²) in [5.41, 5.74) is 1.95. The molecule has 0 bridgehead atoms. The van der Waals surface area contributed by atoms with Crippen LogP contribution >= 0.6 is 0 Å². The fourth-order valence-corrected chi connectivity index (χ4v) is 5.05. The summed E-state index contributed by atoms with van der Waals surface area (Å²) in [5.74, 6) is -0.140. The van der Waals surface area contributed by atoms with Gasteiger partial charge in [0.25, 0.3) is 0 Å². The standard InChI is InChI=1S/C32H42F3N3O2/c1-5-7-10-25(6-2)31(40)38(20-23(3)4)22-30(39)37(21-24-13-15-27(16-14-24)32(33,34)35)18-17-26-19-36-29-12-9-8-11-28(26)29/h8-9,11-16,19,23,25,36H,5-7,10,17-18,20-22H2,1-4H3/t25-/m1/s1. The Hall–Kier alpha value is -3.29. The second-order valence-corrected chi connectivity index (χ2v) is 11.0. The zero-order chi connectivity index (χ0) is 29.3. The molecule has 0 spiro atoms. The molecule has 40 heavy (non-hydrogen) atoms. The summed E-state index contributed by atoms with van der Waals surface area (Å²) >= 11 is 0. The van der Waals surface area contributed by atoms with E-state index in [1.54, 1.807) is 9.80 Å². The van der Waals surface area contributed by atoms with Gasteiger partial charge in [0.15, 0.2) is 0 Å². The number of unbranched alkanes of at least 4 members (excludes halogenated alkanes) is 1. The van der Waals surface area contributed by atoms with Gasteiger partial charge in [-0.15, -0.1) is 0 Å². The van der Waals surface area contributed by atoms with Crippen molar-refractivity contribution in [3.63, 3.8) is 0 Å². The monoisotopic (exact) mass is 557 g/mol. The Kier molecular flexibility index (Phi) is 11.2. The third-order valence-electron chi connectivity index (χ3n) is 7.30. The summed E-state index contributed by atoms with van der Waals surface area (Å²) in [6.07, 6.45) is 1.55. The lowest BCUT2D eigenvalue weighted by Crippen LogP contribution is -2.46. The number of carbonyl (C=O) groups excluding carboxylic acids is 2. The molecule has 0 saturated carbocycles. The lowest BCUT2D eigenvalue weighted by Gasteiger charge is -2.31. The van der Waals surface area contributed by atoms with Crippen molar-refractivity contribution in [2.45, 2.75) is 72.5 Å². The number of rotatable bonds is 14. The number of fused-ring (bicyclic) bond motifs is 1. The van der Waals surface area contributed by atoms with Crippen LogP contribution in [0.2, 0.25) is 0 Å². The van der Waals surface area contributed by atoms with E-state index in [1.807, 2.05) is 51.2 Å². The van der Waals surface area contributed by atoms with Crippen molar-refractivity contribution in [2.75, 3.05) is 19.6 Å². The van der Waals surface area contributed by atoms with Crippen molar-refractivity contribution in [1.29, 1.82) is 0 Å². The third-order valence-corrected chi connectivity index (χ3v) is 7.30. The number of benzene rings is 2. The number of halogens is 3. The summed E-state index contributed by atoms with van der Waals surface area (Å²) in [4.78, 5) is 33.9. The van der Waals surface area contributed by atoms with Crippen LogP contribution in [0.15, 0.2) is 54.7 Å². The van der Waals surface area contributed by atoms with Crippen molar-refractivity contribution in [3.05, 3.63) is 71.4 Å².